The SMILES string of the molecule is CCSC1CCC(NC(=O)[C@@H]2CCCCN2)C1. The summed E-state index contributed by atoms with van der Waals surface area (Å²) in [4.78, 5) is 12.0. The molecule has 3 nitrogen and oxygen atoms in total. The summed E-state index contributed by atoms with van der Waals surface area (Å²) in [5, 5.41) is 7.30. The van der Waals surface area contributed by atoms with Crippen molar-refractivity contribution in [3.05, 3.63) is 0 Å². The van der Waals surface area contributed by atoms with Crippen LogP contribution in [0.2, 0.25) is 0 Å². The lowest BCUT2D eigenvalue weighted by Crippen LogP contribution is -2.49. The van der Waals surface area contributed by atoms with Crippen molar-refractivity contribution in [3.63, 3.8) is 0 Å². The zero-order valence-electron chi connectivity index (χ0n) is 10.7. The summed E-state index contributed by atoms with van der Waals surface area (Å²) >= 11 is 2.04. The fourth-order valence-corrected chi connectivity index (χ4v) is 3.98. The maximum absolute atomic E-state index is 12.0. The van der Waals surface area contributed by atoms with Gasteiger partial charge < -0.3 is 10.6 Å². The number of rotatable bonds is 4. The Kier molecular flexibility index (Phi) is 5.16. The van der Waals surface area contributed by atoms with Gasteiger partial charge in [-0.2, -0.15) is 11.8 Å². The Labute approximate surface area is 108 Å². The highest BCUT2D eigenvalue weighted by Gasteiger charge is 2.28. The molecule has 0 spiro atoms. The summed E-state index contributed by atoms with van der Waals surface area (Å²) in [6.07, 6.45) is 6.99. The van der Waals surface area contributed by atoms with Crippen LogP contribution in [-0.2, 0) is 4.79 Å². The molecule has 1 aliphatic heterocycles. The summed E-state index contributed by atoms with van der Waals surface area (Å²) in [6.45, 7) is 3.21. The molecule has 1 aliphatic carbocycles. The number of thioether (sulfide) groups is 1. The van der Waals surface area contributed by atoms with Crippen molar-refractivity contribution in [2.75, 3.05) is 12.3 Å². The minimum absolute atomic E-state index is 0.0710. The van der Waals surface area contributed by atoms with E-state index in [0.29, 0.717) is 6.04 Å². The quantitative estimate of drug-likeness (QED) is 0.807. The summed E-state index contributed by atoms with van der Waals surface area (Å²) in [7, 11) is 0. The molecule has 0 bridgehead atoms. The predicted octanol–water partition coefficient (Wildman–Crippen LogP) is 1.92. The highest BCUT2D eigenvalue weighted by molar-refractivity contribution is 7.99. The normalized spacial score (nSPS) is 33.6. The van der Waals surface area contributed by atoms with Gasteiger partial charge in [-0.3, -0.25) is 4.79 Å². The van der Waals surface area contributed by atoms with Gasteiger partial charge in [-0.1, -0.05) is 13.3 Å². The molecule has 1 heterocycles. The van der Waals surface area contributed by atoms with Crippen LogP contribution in [0.3, 0.4) is 0 Å². The van der Waals surface area contributed by atoms with E-state index in [2.05, 4.69) is 17.6 Å². The molecule has 2 unspecified atom stereocenters. The minimum atomic E-state index is 0.0710. The average Bonchev–Trinajstić information content (AvgIpc) is 2.78. The van der Waals surface area contributed by atoms with Crippen LogP contribution in [-0.4, -0.2) is 35.5 Å². The van der Waals surface area contributed by atoms with E-state index in [4.69, 9.17) is 0 Å². The number of carbonyl (C=O) groups is 1. The van der Waals surface area contributed by atoms with Crippen LogP contribution >= 0.6 is 11.8 Å². The van der Waals surface area contributed by atoms with E-state index in [0.717, 1.165) is 31.1 Å². The molecule has 2 fully saturated rings. The van der Waals surface area contributed by atoms with Gasteiger partial charge in [0.25, 0.3) is 0 Å². The molecule has 0 radical (unpaired) electrons. The smallest absolute Gasteiger partial charge is 0.237 e. The lowest BCUT2D eigenvalue weighted by molar-refractivity contribution is -0.124. The van der Waals surface area contributed by atoms with Crippen molar-refractivity contribution in [1.82, 2.24) is 10.6 Å². The maximum atomic E-state index is 12.0. The van der Waals surface area contributed by atoms with Gasteiger partial charge in [0, 0.05) is 11.3 Å². The lowest BCUT2D eigenvalue weighted by atomic mass is 10.0. The standard InChI is InChI=1S/C13H24N2OS/c1-2-17-11-7-6-10(9-11)15-13(16)12-5-3-4-8-14-12/h10-12,14H,2-9H2,1H3,(H,15,16)/t10?,11?,12-/m0/s1. The lowest BCUT2D eigenvalue weighted by Gasteiger charge is -2.24. The second-order valence-corrected chi connectivity index (χ2v) is 6.68. The topological polar surface area (TPSA) is 41.1 Å². The second kappa shape index (κ2) is 6.64. The molecule has 0 aromatic heterocycles. The molecule has 17 heavy (non-hydrogen) atoms. The van der Waals surface area contributed by atoms with Crippen LogP contribution < -0.4 is 10.6 Å². The van der Waals surface area contributed by atoms with Gasteiger partial charge in [0.2, 0.25) is 5.91 Å². The van der Waals surface area contributed by atoms with Crippen LogP contribution in [0.15, 0.2) is 0 Å². The van der Waals surface area contributed by atoms with Crippen molar-refractivity contribution in [3.8, 4) is 0 Å². The zero-order chi connectivity index (χ0) is 12.1. The molecule has 3 atom stereocenters. The molecular formula is C13H24N2OS. The van der Waals surface area contributed by atoms with E-state index in [-0.39, 0.29) is 11.9 Å². The van der Waals surface area contributed by atoms with Crippen molar-refractivity contribution in [1.29, 1.82) is 0 Å². The van der Waals surface area contributed by atoms with Crippen molar-refractivity contribution in [2.45, 2.75) is 62.8 Å². The molecule has 2 aliphatic rings. The fraction of sp³-hybridized carbons (Fsp3) is 0.923. The monoisotopic (exact) mass is 256 g/mol. The average molecular weight is 256 g/mol. The summed E-state index contributed by atoms with van der Waals surface area (Å²) in [6, 6.07) is 0.497. The molecule has 0 aromatic rings. The van der Waals surface area contributed by atoms with Gasteiger partial charge in [-0.25, -0.2) is 0 Å². The first-order valence-corrected chi connectivity index (χ1v) is 8.00. The molecule has 98 valence electrons. The van der Waals surface area contributed by atoms with Crippen LogP contribution in [0, 0.1) is 0 Å². The van der Waals surface area contributed by atoms with E-state index in [1.807, 2.05) is 11.8 Å². The first-order chi connectivity index (χ1) is 8.29. The predicted molar refractivity (Wildman–Crippen MR) is 73.3 cm³/mol. The Hall–Kier alpha value is -0.220. The van der Waals surface area contributed by atoms with E-state index in [1.54, 1.807) is 0 Å². The Bertz CT molecular complexity index is 254. The molecule has 2 rings (SSSR count). The van der Waals surface area contributed by atoms with Gasteiger partial charge in [0.15, 0.2) is 0 Å². The molecule has 2 N–H and O–H groups in total. The van der Waals surface area contributed by atoms with Gasteiger partial charge in [0.1, 0.15) is 0 Å². The number of amides is 1. The third-order valence-electron chi connectivity index (χ3n) is 3.76. The minimum Gasteiger partial charge on any atom is -0.352 e. The maximum Gasteiger partial charge on any atom is 0.237 e. The number of piperidine rings is 1. The van der Waals surface area contributed by atoms with E-state index in [1.165, 1.54) is 25.0 Å². The van der Waals surface area contributed by atoms with Crippen LogP contribution in [0.5, 0.6) is 0 Å². The third-order valence-corrected chi connectivity index (χ3v) is 4.99. The van der Waals surface area contributed by atoms with Crippen LogP contribution in [0.25, 0.3) is 0 Å². The zero-order valence-corrected chi connectivity index (χ0v) is 11.5. The largest absolute Gasteiger partial charge is 0.352 e. The summed E-state index contributed by atoms with van der Waals surface area (Å²) in [5.74, 6) is 1.42. The highest BCUT2D eigenvalue weighted by atomic mass is 32.2. The third kappa shape index (κ3) is 3.88. The van der Waals surface area contributed by atoms with Crippen LogP contribution in [0.1, 0.15) is 45.4 Å². The van der Waals surface area contributed by atoms with E-state index >= 15 is 0 Å². The van der Waals surface area contributed by atoms with Gasteiger partial charge in [-0.05, 0) is 44.4 Å². The summed E-state index contributed by atoms with van der Waals surface area (Å²) in [5.41, 5.74) is 0. The molecule has 4 heteroatoms. The molecule has 1 amide bonds. The Morgan fingerprint density at radius 3 is 2.94 bits per heavy atom. The fourth-order valence-electron chi connectivity index (χ4n) is 2.84. The van der Waals surface area contributed by atoms with Crippen LogP contribution in [0.4, 0.5) is 0 Å². The first-order valence-electron chi connectivity index (χ1n) is 6.95. The van der Waals surface area contributed by atoms with Gasteiger partial charge in [0.05, 0.1) is 6.04 Å². The Morgan fingerprint density at radius 2 is 2.24 bits per heavy atom. The van der Waals surface area contributed by atoms with E-state index in [9.17, 15) is 4.79 Å². The second-order valence-electron chi connectivity index (χ2n) is 5.10. The molecular weight excluding hydrogens is 232 g/mol. The van der Waals surface area contributed by atoms with E-state index < -0.39 is 0 Å². The number of hydrogen-bond donors (Lipinski definition) is 2. The van der Waals surface area contributed by atoms with Crippen molar-refractivity contribution >= 4 is 17.7 Å². The van der Waals surface area contributed by atoms with Gasteiger partial charge in [-0.15, -0.1) is 0 Å². The van der Waals surface area contributed by atoms with Crippen molar-refractivity contribution < 1.29 is 4.79 Å². The molecule has 1 saturated heterocycles. The van der Waals surface area contributed by atoms with Gasteiger partial charge >= 0.3 is 0 Å². The number of nitrogens with one attached hydrogen (secondary N) is 2. The number of hydrogen-bond acceptors (Lipinski definition) is 3. The first kappa shape index (κ1) is 13.2. The highest BCUT2D eigenvalue weighted by Crippen LogP contribution is 2.29. The molecule has 1 saturated carbocycles. The molecule has 0 aromatic carbocycles. The Morgan fingerprint density at radius 1 is 1.35 bits per heavy atom. The number of carbonyl (C=O) groups excluding carboxylic acids is 1. The Balaban J connectivity index is 1.71. The van der Waals surface area contributed by atoms with Crippen molar-refractivity contribution in [2.24, 2.45) is 0 Å². The summed E-state index contributed by atoms with van der Waals surface area (Å²) < 4.78 is 0.